The van der Waals surface area contributed by atoms with Crippen LogP contribution >= 0.6 is 11.6 Å². The van der Waals surface area contributed by atoms with E-state index in [0.29, 0.717) is 17.8 Å². The van der Waals surface area contributed by atoms with Crippen LogP contribution in [0.3, 0.4) is 0 Å². The lowest BCUT2D eigenvalue weighted by Crippen LogP contribution is -2.35. The second-order valence-electron chi connectivity index (χ2n) is 5.36. The number of anilines is 1. The van der Waals surface area contributed by atoms with E-state index in [9.17, 15) is 10.1 Å². The van der Waals surface area contributed by atoms with Crippen molar-refractivity contribution in [1.82, 2.24) is 4.98 Å². The molecule has 2 atom stereocenters. The first-order chi connectivity index (χ1) is 9.15. The standard InChI is InChI=1S/C13H16ClN3O2/c14-12-7-10(17(18)19)8-13(15-12)16-6-5-9-3-1-2-4-11(9)16/h7-9,11H,1-6H2. The van der Waals surface area contributed by atoms with Gasteiger partial charge < -0.3 is 4.90 Å². The fourth-order valence-corrected chi connectivity index (χ4v) is 3.61. The summed E-state index contributed by atoms with van der Waals surface area (Å²) >= 11 is 5.91. The fourth-order valence-electron chi connectivity index (χ4n) is 3.41. The molecule has 2 heterocycles. The highest BCUT2D eigenvalue weighted by molar-refractivity contribution is 6.29. The van der Waals surface area contributed by atoms with Gasteiger partial charge in [0.05, 0.1) is 17.1 Å². The molecule has 2 aliphatic rings. The highest BCUT2D eigenvalue weighted by Gasteiger charge is 2.36. The summed E-state index contributed by atoms with van der Waals surface area (Å²) in [5, 5.41) is 11.1. The molecule has 0 aromatic carbocycles. The number of halogens is 1. The van der Waals surface area contributed by atoms with E-state index >= 15 is 0 Å². The Kier molecular flexibility index (Phi) is 3.31. The molecule has 6 heteroatoms. The Bertz CT molecular complexity index is 509. The predicted octanol–water partition coefficient (Wildman–Crippen LogP) is 3.41. The number of fused-ring (bicyclic) bond motifs is 1. The monoisotopic (exact) mass is 281 g/mol. The zero-order chi connectivity index (χ0) is 13.4. The third-order valence-corrected chi connectivity index (χ3v) is 4.47. The smallest absolute Gasteiger partial charge is 0.276 e. The molecule has 2 fully saturated rings. The molecule has 19 heavy (non-hydrogen) atoms. The quantitative estimate of drug-likeness (QED) is 0.473. The van der Waals surface area contributed by atoms with Crippen LogP contribution < -0.4 is 4.90 Å². The van der Waals surface area contributed by atoms with Gasteiger partial charge in [0.1, 0.15) is 11.0 Å². The Hall–Kier alpha value is -1.36. The van der Waals surface area contributed by atoms with Gasteiger partial charge in [-0.05, 0) is 25.2 Å². The van der Waals surface area contributed by atoms with E-state index in [1.54, 1.807) is 6.07 Å². The van der Waals surface area contributed by atoms with Crippen molar-refractivity contribution >= 4 is 23.1 Å². The highest BCUT2D eigenvalue weighted by atomic mass is 35.5. The first-order valence-electron chi connectivity index (χ1n) is 6.74. The first kappa shape index (κ1) is 12.7. The van der Waals surface area contributed by atoms with Gasteiger partial charge in [0.15, 0.2) is 0 Å². The minimum absolute atomic E-state index is 0.0225. The average Bonchev–Trinajstić information content (AvgIpc) is 2.81. The maximum Gasteiger partial charge on any atom is 0.276 e. The lowest BCUT2D eigenvalue weighted by Gasteiger charge is -2.32. The molecular formula is C13H16ClN3O2. The highest BCUT2D eigenvalue weighted by Crippen LogP contribution is 2.39. The molecular weight excluding hydrogens is 266 g/mol. The van der Waals surface area contributed by atoms with Crippen LogP contribution in [0, 0.1) is 16.0 Å². The first-order valence-corrected chi connectivity index (χ1v) is 7.11. The van der Waals surface area contributed by atoms with Gasteiger partial charge >= 0.3 is 0 Å². The van der Waals surface area contributed by atoms with Crippen LogP contribution in [0.25, 0.3) is 0 Å². The zero-order valence-corrected chi connectivity index (χ0v) is 11.3. The Morgan fingerprint density at radius 2 is 2.11 bits per heavy atom. The summed E-state index contributed by atoms with van der Waals surface area (Å²) in [7, 11) is 0. The van der Waals surface area contributed by atoms with Gasteiger partial charge in [0.2, 0.25) is 0 Å². The minimum Gasteiger partial charge on any atom is -0.353 e. The molecule has 0 radical (unpaired) electrons. The molecule has 102 valence electrons. The van der Waals surface area contributed by atoms with E-state index in [0.717, 1.165) is 19.4 Å². The van der Waals surface area contributed by atoms with E-state index in [1.807, 2.05) is 0 Å². The van der Waals surface area contributed by atoms with E-state index in [-0.39, 0.29) is 10.8 Å². The van der Waals surface area contributed by atoms with Gasteiger partial charge in [-0.1, -0.05) is 24.4 Å². The summed E-state index contributed by atoms with van der Waals surface area (Å²) < 4.78 is 0. The number of rotatable bonds is 2. The molecule has 1 saturated heterocycles. The Morgan fingerprint density at radius 1 is 1.32 bits per heavy atom. The van der Waals surface area contributed by atoms with Crippen LogP contribution in [-0.4, -0.2) is 22.5 Å². The molecule has 3 rings (SSSR count). The summed E-state index contributed by atoms with van der Waals surface area (Å²) in [5.41, 5.74) is 0.0225. The van der Waals surface area contributed by atoms with Crippen LogP contribution in [0.15, 0.2) is 12.1 Å². The average molecular weight is 282 g/mol. The van der Waals surface area contributed by atoms with Crippen molar-refractivity contribution in [3.05, 3.63) is 27.4 Å². The van der Waals surface area contributed by atoms with E-state index < -0.39 is 4.92 Å². The van der Waals surface area contributed by atoms with Gasteiger partial charge in [0.25, 0.3) is 5.69 Å². The lowest BCUT2D eigenvalue weighted by molar-refractivity contribution is -0.384. The van der Waals surface area contributed by atoms with E-state index in [2.05, 4.69) is 9.88 Å². The van der Waals surface area contributed by atoms with E-state index in [1.165, 1.54) is 25.3 Å². The molecule has 0 amide bonds. The number of pyridine rings is 1. The summed E-state index contributed by atoms with van der Waals surface area (Å²) in [6.07, 6.45) is 6.13. The number of nitro groups is 1. The molecule has 1 saturated carbocycles. The zero-order valence-electron chi connectivity index (χ0n) is 10.6. The molecule has 1 aliphatic carbocycles. The van der Waals surface area contributed by atoms with E-state index in [4.69, 9.17) is 11.6 Å². The SMILES string of the molecule is O=[N+]([O-])c1cc(Cl)nc(N2CCC3CCCCC32)c1. The van der Waals surface area contributed by atoms with Crippen molar-refractivity contribution in [2.45, 2.75) is 38.1 Å². The summed E-state index contributed by atoms with van der Waals surface area (Å²) in [6.45, 7) is 0.930. The molecule has 1 aliphatic heterocycles. The number of aromatic nitrogens is 1. The van der Waals surface area contributed by atoms with Gasteiger partial charge in [0, 0.05) is 12.6 Å². The van der Waals surface area contributed by atoms with Crippen LogP contribution in [0.1, 0.15) is 32.1 Å². The third-order valence-electron chi connectivity index (χ3n) is 4.28. The van der Waals surface area contributed by atoms with Crippen LogP contribution in [0.4, 0.5) is 11.5 Å². The van der Waals surface area contributed by atoms with Crippen LogP contribution in [0.5, 0.6) is 0 Å². The summed E-state index contributed by atoms with van der Waals surface area (Å²) in [6, 6.07) is 3.34. The molecule has 2 unspecified atom stereocenters. The molecule has 1 aromatic rings. The minimum atomic E-state index is -0.411. The number of nitrogens with zero attached hydrogens (tertiary/aromatic N) is 3. The van der Waals surface area contributed by atoms with Crippen molar-refractivity contribution in [2.24, 2.45) is 5.92 Å². The Balaban J connectivity index is 1.91. The van der Waals surface area contributed by atoms with Crippen molar-refractivity contribution in [3.63, 3.8) is 0 Å². The maximum absolute atomic E-state index is 10.9. The third kappa shape index (κ3) is 2.39. The predicted molar refractivity (Wildman–Crippen MR) is 73.6 cm³/mol. The largest absolute Gasteiger partial charge is 0.353 e. The van der Waals surface area contributed by atoms with Crippen molar-refractivity contribution in [2.75, 3.05) is 11.4 Å². The second kappa shape index (κ2) is 4.96. The normalized spacial score (nSPS) is 26.3. The Labute approximate surface area is 116 Å². The summed E-state index contributed by atoms with van der Waals surface area (Å²) in [5.74, 6) is 1.38. The van der Waals surface area contributed by atoms with Crippen molar-refractivity contribution in [1.29, 1.82) is 0 Å². The van der Waals surface area contributed by atoms with Gasteiger partial charge in [-0.15, -0.1) is 0 Å². The number of hydrogen-bond donors (Lipinski definition) is 0. The van der Waals surface area contributed by atoms with Gasteiger partial charge in [-0.2, -0.15) is 0 Å². The molecule has 0 bridgehead atoms. The molecule has 0 N–H and O–H groups in total. The fraction of sp³-hybridized carbons (Fsp3) is 0.615. The molecule has 1 aromatic heterocycles. The second-order valence-corrected chi connectivity index (χ2v) is 5.74. The molecule has 5 nitrogen and oxygen atoms in total. The lowest BCUT2D eigenvalue weighted by atomic mass is 9.85. The van der Waals surface area contributed by atoms with Gasteiger partial charge in [-0.25, -0.2) is 4.98 Å². The Morgan fingerprint density at radius 3 is 2.89 bits per heavy atom. The van der Waals surface area contributed by atoms with Crippen LogP contribution in [0.2, 0.25) is 5.15 Å². The summed E-state index contributed by atoms with van der Waals surface area (Å²) in [4.78, 5) is 17.0. The van der Waals surface area contributed by atoms with Crippen molar-refractivity contribution in [3.8, 4) is 0 Å². The maximum atomic E-state index is 10.9. The van der Waals surface area contributed by atoms with Gasteiger partial charge in [-0.3, -0.25) is 10.1 Å². The molecule has 0 spiro atoms. The topological polar surface area (TPSA) is 59.3 Å². The number of hydrogen-bond acceptors (Lipinski definition) is 4. The van der Waals surface area contributed by atoms with Crippen LogP contribution in [-0.2, 0) is 0 Å². The van der Waals surface area contributed by atoms with Crippen molar-refractivity contribution < 1.29 is 4.92 Å².